The number of benzene rings is 1. The second kappa shape index (κ2) is 9.99. The molecule has 2 N–H and O–H groups in total. The molecule has 0 atom stereocenters. The first-order chi connectivity index (χ1) is 18.9. The summed E-state index contributed by atoms with van der Waals surface area (Å²) in [5, 5.41) is 7.58. The highest BCUT2D eigenvalue weighted by Gasteiger charge is 2.37. The van der Waals surface area contributed by atoms with Gasteiger partial charge in [-0.25, -0.2) is 18.7 Å². The molecule has 7 nitrogen and oxygen atoms in total. The van der Waals surface area contributed by atoms with Crippen molar-refractivity contribution in [1.29, 1.82) is 0 Å². The number of hydrogen-bond donors (Lipinski definition) is 2. The minimum atomic E-state index is -2.63. The number of aromatic nitrogens is 6. The molecule has 4 aromatic heterocycles. The average molecular weight is 524 g/mol. The molecule has 6 rings (SSSR count). The van der Waals surface area contributed by atoms with E-state index in [9.17, 15) is 8.78 Å². The van der Waals surface area contributed by atoms with Gasteiger partial charge in [-0.3, -0.25) is 15.0 Å². The fourth-order valence-corrected chi connectivity index (χ4v) is 5.00. The van der Waals surface area contributed by atoms with Crippen molar-refractivity contribution in [2.45, 2.75) is 19.3 Å². The van der Waals surface area contributed by atoms with E-state index in [-0.39, 0.29) is 13.0 Å². The monoisotopic (exact) mass is 523 g/mol. The van der Waals surface area contributed by atoms with Gasteiger partial charge in [0.15, 0.2) is 11.5 Å². The number of H-pyrrole nitrogens is 2. The SMILES string of the molecule is C=C/C(=C\C(=C/C)c1ccc2[nH]nc(-c3nc4c(-c5cccnc5)cccc4[nH]3)c2n1)CN1CCC(F)(F)C1. The van der Waals surface area contributed by atoms with Crippen LogP contribution < -0.4 is 0 Å². The lowest BCUT2D eigenvalue weighted by molar-refractivity contribution is 0.0131. The highest BCUT2D eigenvalue weighted by molar-refractivity contribution is 5.96. The smallest absolute Gasteiger partial charge is 0.261 e. The van der Waals surface area contributed by atoms with Gasteiger partial charge in [0.2, 0.25) is 0 Å². The van der Waals surface area contributed by atoms with E-state index in [2.05, 4.69) is 26.7 Å². The van der Waals surface area contributed by atoms with Crippen molar-refractivity contribution >= 4 is 27.6 Å². The first kappa shape index (κ1) is 24.8. The lowest BCUT2D eigenvalue weighted by Crippen LogP contribution is -2.26. The molecule has 0 amide bonds. The molecule has 5 aromatic rings. The highest BCUT2D eigenvalue weighted by atomic mass is 19.3. The minimum Gasteiger partial charge on any atom is -0.336 e. The molecule has 0 unspecified atom stereocenters. The van der Waals surface area contributed by atoms with Gasteiger partial charge in [0.05, 0.1) is 28.8 Å². The lowest BCUT2D eigenvalue weighted by atomic mass is 10.1. The Morgan fingerprint density at radius 1 is 1.10 bits per heavy atom. The van der Waals surface area contributed by atoms with Crippen LogP contribution in [-0.2, 0) is 0 Å². The van der Waals surface area contributed by atoms with E-state index in [1.54, 1.807) is 17.2 Å². The van der Waals surface area contributed by atoms with Crippen LogP contribution in [0.5, 0.6) is 0 Å². The summed E-state index contributed by atoms with van der Waals surface area (Å²) in [6.07, 6.45) is 9.09. The zero-order chi connectivity index (χ0) is 27.0. The van der Waals surface area contributed by atoms with Crippen molar-refractivity contribution < 1.29 is 8.78 Å². The number of rotatable bonds is 7. The zero-order valence-corrected chi connectivity index (χ0v) is 21.5. The second-order valence-electron chi connectivity index (χ2n) is 9.68. The predicted octanol–water partition coefficient (Wildman–Crippen LogP) is 6.42. The van der Waals surface area contributed by atoms with Gasteiger partial charge in [-0.05, 0) is 48.4 Å². The molecule has 196 valence electrons. The van der Waals surface area contributed by atoms with Crippen LogP contribution in [0.1, 0.15) is 19.0 Å². The third-order valence-corrected chi connectivity index (χ3v) is 6.98. The van der Waals surface area contributed by atoms with E-state index in [1.807, 2.05) is 67.7 Å². The van der Waals surface area contributed by atoms with Crippen LogP contribution in [0.15, 0.2) is 85.2 Å². The van der Waals surface area contributed by atoms with Gasteiger partial charge < -0.3 is 4.98 Å². The summed E-state index contributed by atoms with van der Waals surface area (Å²) in [7, 11) is 0. The number of nitrogens with one attached hydrogen (secondary N) is 2. The van der Waals surface area contributed by atoms with Gasteiger partial charge in [-0.1, -0.05) is 36.9 Å². The number of para-hydroxylation sites is 1. The number of likely N-dealkylation sites (tertiary alicyclic amines) is 1. The van der Waals surface area contributed by atoms with Crippen LogP contribution in [-0.4, -0.2) is 60.6 Å². The minimum absolute atomic E-state index is 0.110. The molecule has 1 fully saturated rings. The number of imidazole rings is 1. The van der Waals surface area contributed by atoms with Crippen molar-refractivity contribution in [3.63, 3.8) is 0 Å². The molecule has 0 spiro atoms. The van der Waals surface area contributed by atoms with Crippen LogP contribution in [0.3, 0.4) is 0 Å². The van der Waals surface area contributed by atoms with Crippen LogP contribution in [0.2, 0.25) is 0 Å². The average Bonchev–Trinajstić information content (AvgIpc) is 3.66. The van der Waals surface area contributed by atoms with E-state index in [0.29, 0.717) is 30.1 Å². The Morgan fingerprint density at radius 2 is 2.00 bits per heavy atom. The third-order valence-electron chi connectivity index (χ3n) is 6.98. The summed E-state index contributed by atoms with van der Waals surface area (Å²) >= 11 is 0. The molecule has 1 saturated heterocycles. The molecule has 0 saturated carbocycles. The summed E-state index contributed by atoms with van der Waals surface area (Å²) < 4.78 is 27.4. The molecule has 9 heteroatoms. The van der Waals surface area contributed by atoms with E-state index in [1.165, 1.54) is 0 Å². The van der Waals surface area contributed by atoms with Crippen molar-refractivity contribution in [2.75, 3.05) is 19.6 Å². The number of halogens is 2. The first-order valence-electron chi connectivity index (χ1n) is 12.8. The Balaban J connectivity index is 1.35. The standard InChI is InChI=1S/C30H27F2N7/c1-3-19(17-39-14-12-30(31,32)18-39)15-20(4-2)23-10-11-25-27(34-23)28(38-37-25)29-35-24-9-5-8-22(26(24)36-29)21-7-6-13-33-16-21/h3-11,13,15-16H,1,12,14,17-18H2,2H3,(H,35,36)(H,37,38)/b19-15+,20-4+. The molecule has 1 aliphatic rings. The second-order valence-corrected chi connectivity index (χ2v) is 9.68. The number of fused-ring (bicyclic) bond motifs is 2. The number of pyridine rings is 2. The maximum atomic E-state index is 13.7. The van der Waals surface area contributed by atoms with Gasteiger partial charge in [0.25, 0.3) is 5.92 Å². The third kappa shape index (κ3) is 4.88. The van der Waals surface area contributed by atoms with E-state index >= 15 is 0 Å². The van der Waals surface area contributed by atoms with Crippen molar-refractivity contribution in [2.24, 2.45) is 0 Å². The summed E-state index contributed by atoms with van der Waals surface area (Å²) in [5.41, 5.74) is 8.22. The lowest BCUT2D eigenvalue weighted by Gasteiger charge is -2.16. The van der Waals surface area contributed by atoms with E-state index in [0.717, 1.165) is 44.5 Å². The maximum Gasteiger partial charge on any atom is 0.261 e. The summed E-state index contributed by atoms with van der Waals surface area (Å²) in [4.78, 5) is 19.2. The molecular formula is C30H27F2N7. The largest absolute Gasteiger partial charge is 0.336 e. The van der Waals surface area contributed by atoms with Crippen LogP contribution >= 0.6 is 0 Å². The Hall–Kier alpha value is -4.50. The van der Waals surface area contributed by atoms with Gasteiger partial charge >= 0.3 is 0 Å². The number of aromatic amines is 2. The normalized spacial score (nSPS) is 16.4. The summed E-state index contributed by atoms with van der Waals surface area (Å²) in [6.45, 7) is 6.38. The van der Waals surface area contributed by atoms with E-state index < -0.39 is 5.92 Å². The molecule has 1 aromatic carbocycles. The summed E-state index contributed by atoms with van der Waals surface area (Å²) in [5.74, 6) is -2.02. The van der Waals surface area contributed by atoms with Crippen molar-refractivity contribution in [3.05, 3.63) is 90.9 Å². The quantitative estimate of drug-likeness (QED) is 0.241. The zero-order valence-electron chi connectivity index (χ0n) is 21.5. The number of alkyl halides is 2. The molecule has 0 aliphatic carbocycles. The van der Waals surface area contributed by atoms with Crippen molar-refractivity contribution in [1.82, 2.24) is 35.0 Å². The fourth-order valence-electron chi connectivity index (χ4n) is 5.00. The topological polar surface area (TPSA) is 86.4 Å². The molecular weight excluding hydrogens is 496 g/mol. The predicted molar refractivity (Wildman–Crippen MR) is 150 cm³/mol. The highest BCUT2D eigenvalue weighted by Crippen LogP contribution is 2.32. The maximum absolute atomic E-state index is 13.7. The molecule has 5 heterocycles. The Morgan fingerprint density at radius 3 is 2.74 bits per heavy atom. The van der Waals surface area contributed by atoms with E-state index in [4.69, 9.17) is 9.97 Å². The Labute approximate surface area is 224 Å². The molecule has 0 radical (unpaired) electrons. The number of hydrogen-bond acceptors (Lipinski definition) is 5. The van der Waals surface area contributed by atoms with Gasteiger partial charge in [-0.15, -0.1) is 0 Å². The molecule has 1 aliphatic heterocycles. The van der Waals surface area contributed by atoms with Crippen LogP contribution in [0.4, 0.5) is 8.78 Å². The van der Waals surface area contributed by atoms with Gasteiger partial charge in [-0.2, -0.15) is 5.10 Å². The fraction of sp³-hybridized carbons (Fsp3) is 0.200. The van der Waals surface area contributed by atoms with Crippen LogP contribution in [0, 0.1) is 0 Å². The number of nitrogens with zero attached hydrogens (tertiary/aromatic N) is 5. The Bertz CT molecular complexity index is 1730. The number of allylic oxidation sites excluding steroid dienone is 3. The van der Waals surface area contributed by atoms with Crippen molar-refractivity contribution in [3.8, 4) is 22.6 Å². The van der Waals surface area contributed by atoms with Gasteiger partial charge in [0.1, 0.15) is 5.52 Å². The van der Waals surface area contributed by atoms with Crippen LogP contribution in [0.25, 0.3) is 50.3 Å². The summed E-state index contributed by atoms with van der Waals surface area (Å²) in [6, 6.07) is 13.7. The van der Waals surface area contributed by atoms with Gasteiger partial charge in [0, 0.05) is 43.0 Å². The molecule has 0 bridgehead atoms. The Kier molecular flexibility index (Phi) is 6.36. The first-order valence-corrected chi connectivity index (χ1v) is 12.8. The molecule has 39 heavy (non-hydrogen) atoms.